The molecule has 0 aliphatic carbocycles. The minimum Gasteiger partial charge on any atom is -0.497 e. The van der Waals surface area contributed by atoms with Crippen molar-refractivity contribution < 1.29 is 14.3 Å². The summed E-state index contributed by atoms with van der Waals surface area (Å²) in [4.78, 5) is 15.3. The van der Waals surface area contributed by atoms with Gasteiger partial charge < -0.3 is 19.8 Å². The molecule has 0 atom stereocenters. The van der Waals surface area contributed by atoms with Crippen LogP contribution in [0.3, 0.4) is 0 Å². The second kappa shape index (κ2) is 7.75. The predicted octanol–water partition coefficient (Wildman–Crippen LogP) is 3.09. The van der Waals surface area contributed by atoms with E-state index in [1.54, 1.807) is 14.2 Å². The Balaban J connectivity index is 1.54. The van der Waals surface area contributed by atoms with Gasteiger partial charge in [0.25, 0.3) is 0 Å². The van der Waals surface area contributed by atoms with E-state index in [1.165, 1.54) is 5.56 Å². The average Bonchev–Trinajstić information content (AvgIpc) is 3.04. The average molecular weight is 338 g/mol. The van der Waals surface area contributed by atoms with Gasteiger partial charge in [-0.15, -0.1) is 0 Å². The summed E-state index contributed by atoms with van der Waals surface area (Å²) < 4.78 is 10.4. The van der Waals surface area contributed by atoms with Crippen molar-refractivity contribution in [1.82, 2.24) is 10.3 Å². The fourth-order valence-corrected chi connectivity index (χ4v) is 2.82. The number of amides is 1. The number of hydrogen-bond donors (Lipinski definition) is 2. The molecule has 1 aromatic heterocycles. The van der Waals surface area contributed by atoms with Crippen LogP contribution in [0.2, 0.25) is 0 Å². The number of methoxy groups -OCH3 is 2. The third-order valence-electron chi connectivity index (χ3n) is 4.21. The molecule has 0 saturated carbocycles. The Kier molecular flexibility index (Phi) is 5.23. The number of fused-ring (bicyclic) bond motifs is 1. The maximum Gasteiger partial charge on any atom is 0.224 e. The van der Waals surface area contributed by atoms with E-state index in [4.69, 9.17) is 9.47 Å². The van der Waals surface area contributed by atoms with E-state index in [-0.39, 0.29) is 5.91 Å². The molecular formula is C20H22N2O3. The molecule has 3 aromatic rings. The zero-order valence-corrected chi connectivity index (χ0v) is 14.5. The van der Waals surface area contributed by atoms with Crippen LogP contribution in [-0.4, -0.2) is 31.7 Å². The Morgan fingerprint density at radius 2 is 1.76 bits per heavy atom. The number of aromatic amines is 1. The number of carbonyl (C=O) groups excluding carboxylic acids is 1. The largest absolute Gasteiger partial charge is 0.497 e. The van der Waals surface area contributed by atoms with E-state index in [2.05, 4.69) is 10.3 Å². The van der Waals surface area contributed by atoms with Crippen molar-refractivity contribution in [2.24, 2.45) is 0 Å². The maximum atomic E-state index is 12.1. The molecule has 0 radical (unpaired) electrons. The fraction of sp³-hybridized carbons (Fsp3) is 0.250. The molecule has 3 rings (SSSR count). The first-order valence-corrected chi connectivity index (χ1v) is 8.23. The summed E-state index contributed by atoms with van der Waals surface area (Å²) in [5.41, 5.74) is 3.20. The molecule has 1 amide bonds. The van der Waals surface area contributed by atoms with Gasteiger partial charge in [-0.25, -0.2) is 0 Å². The lowest BCUT2D eigenvalue weighted by Crippen LogP contribution is -2.27. The number of H-pyrrole nitrogens is 1. The number of hydrogen-bond acceptors (Lipinski definition) is 3. The van der Waals surface area contributed by atoms with Gasteiger partial charge in [-0.3, -0.25) is 4.79 Å². The molecule has 2 aromatic carbocycles. The number of nitrogens with one attached hydrogen (secondary N) is 2. The second-order valence-electron chi connectivity index (χ2n) is 5.85. The predicted molar refractivity (Wildman–Crippen MR) is 98.3 cm³/mol. The summed E-state index contributed by atoms with van der Waals surface area (Å²) in [6.45, 7) is 0.596. The first-order chi connectivity index (χ1) is 12.2. The Morgan fingerprint density at radius 3 is 2.48 bits per heavy atom. The van der Waals surface area contributed by atoms with Gasteiger partial charge in [0.2, 0.25) is 5.91 Å². The van der Waals surface area contributed by atoms with E-state index in [0.717, 1.165) is 34.4 Å². The summed E-state index contributed by atoms with van der Waals surface area (Å²) >= 11 is 0. The molecular weight excluding hydrogens is 316 g/mol. The van der Waals surface area contributed by atoms with Crippen molar-refractivity contribution >= 4 is 16.8 Å². The van der Waals surface area contributed by atoms with E-state index in [0.29, 0.717) is 13.0 Å². The Bertz CT molecular complexity index is 853. The van der Waals surface area contributed by atoms with Crippen molar-refractivity contribution in [2.75, 3.05) is 20.8 Å². The van der Waals surface area contributed by atoms with Crippen molar-refractivity contribution in [2.45, 2.75) is 12.8 Å². The molecule has 0 fully saturated rings. The molecule has 0 aliphatic rings. The standard InChI is InChI=1S/C20H22N2O3/c1-24-16-5-3-14(4-6-16)11-20(23)21-10-9-15-13-22-19-8-7-17(25-2)12-18(15)19/h3-8,12-13,22H,9-11H2,1-2H3,(H,21,23). The van der Waals surface area contributed by atoms with E-state index < -0.39 is 0 Å². The summed E-state index contributed by atoms with van der Waals surface area (Å²) in [5, 5.41) is 4.10. The zero-order valence-electron chi connectivity index (χ0n) is 14.5. The molecule has 0 saturated heterocycles. The van der Waals surface area contributed by atoms with Gasteiger partial charge in [0.1, 0.15) is 11.5 Å². The third kappa shape index (κ3) is 4.12. The first kappa shape index (κ1) is 16.9. The first-order valence-electron chi connectivity index (χ1n) is 8.23. The molecule has 0 spiro atoms. The zero-order chi connectivity index (χ0) is 17.6. The highest BCUT2D eigenvalue weighted by atomic mass is 16.5. The Labute approximate surface area is 147 Å². The highest BCUT2D eigenvalue weighted by Gasteiger charge is 2.07. The van der Waals surface area contributed by atoms with Crippen LogP contribution in [0.5, 0.6) is 11.5 Å². The number of carbonyl (C=O) groups is 1. The summed E-state index contributed by atoms with van der Waals surface area (Å²) in [5.74, 6) is 1.64. The number of rotatable bonds is 7. The van der Waals surface area contributed by atoms with Crippen LogP contribution >= 0.6 is 0 Å². The molecule has 5 heteroatoms. The van der Waals surface area contributed by atoms with Gasteiger partial charge in [0.15, 0.2) is 0 Å². The number of benzene rings is 2. The van der Waals surface area contributed by atoms with Crippen molar-refractivity contribution in [3.63, 3.8) is 0 Å². The SMILES string of the molecule is COc1ccc(CC(=O)NCCc2c[nH]c3ccc(OC)cc23)cc1. The van der Waals surface area contributed by atoms with Gasteiger partial charge in [-0.1, -0.05) is 12.1 Å². The minimum absolute atomic E-state index is 0.0163. The summed E-state index contributed by atoms with van der Waals surface area (Å²) in [6, 6.07) is 13.5. The fourth-order valence-electron chi connectivity index (χ4n) is 2.82. The van der Waals surface area contributed by atoms with Crippen LogP contribution in [0.15, 0.2) is 48.7 Å². The molecule has 25 heavy (non-hydrogen) atoms. The molecule has 2 N–H and O–H groups in total. The molecule has 1 heterocycles. The van der Waals surface area contributed by atoms with Crippen molar-refractivity contribution in [1.29, 1.82) is 0 Å². The van der Waals surface area contributed by atoms with Crippen LogP contribution in [-0.2, 0) is 17.6 Å². The van der Waals surface area contributed by atoms with Crippen molar-refractivity contribution in [3.05, 3.63) is 59.8 Å². The van der Waals surface area contributed by atoms with E-state index >= 15 is 0 Å². The molecule has 0 aliphatic heterocycles. The van der Waals surface area contributed by atoms with Crippen LogP contribution in [0.1, 0.15) is 11.1 Å². The summed E-state index contributed by atoms with van der Waals surface area (Å²) in [7, 11) is 3.29. The highest BCUT2D eigenvalue weighted by Crippen LogP contribution is 2.23. The summed E-state index contributed by atoms with van der Waals surface area (Å²) in [6.07, 6.45) is 3.12. The molecule has 0 bridgehead atoms. The topological polar surface area (TPSA) is 63.3 Å². The minimum atomic E-state index is 0.0163. The second-order valence-corrected chi connectivity index (χ2v) is 5.85. The third-order valence-corrected chi connectivity index (χ3v) is 4.21. The van der Waals surface area contributed by atoms with Gasteiger partial charge in [0.05, 0.1) is 20.6 Å². The van der Waals surface area contributed by atoms with E-state index in [1.807, 2.05) is 48.7 Å². The maximum absolute atomic E-state index is 12.1. The van der Waals surface area contributed by atoms with Gasteiger partial charge in [0, 0.05) is 23.6 Å². The van der Waals surface area contributed by atoms with Gasteiger partial charge in [-0.05, 0) is 47.9 Å². The van der Waals surface area contributed by atoms with Crippen LogP contribution in [0.25, 0.3) is 10.9 Å². The van der Waals surface area contributed by atoms with Crippen LogP contribution < -0.4 is 14.8 Å². The highest BCUT2D eigenvalue weighted by molar-refractivity contribution is 5.84. The van der Waals surface area contributed by atoms with E-state index in [9.17, 15) is 4.79 Å². The monoisotopic (exact) mass is 338 g/mol. The number of ether oxygens (including phenoxy) is 2. The Hall–Kier alpha value is -2.95. The normalized spacial score (nSPS) is 10.6. The molecule has 130 valence electrons. The Morgan fingerprint density at radius 1 is 1.04 bits per heavy atom. The van der Waals surface area contributed by atoms with Crippen molar-refractivity contribution in [3.8, 4) is 11.5 Å². The lowest BCUT2D eigenvalue weighted by molar-refractivity contribution is -0.120. The molecule has 0 unspecified atom stereocenters. The smallest absolute Gasteiger partial charge is 0.224 e. The van der Waals surface area contributed by atoms with Crippen LogP contribution in [0.4, 0.5) is 0 Å². The molecule has 5 nitrogen and oxygen atoms in total. The van der Waals surface area contributed by atoms with Gasteiger partial charge in [-0.2, -0.15) is 0 Å². The van der Waals surface area contributed by atoms with Gasteiger partial charge >= 0.3 is 0 Å². The number of aromatic nitrogens is 1. The lowest BCUT2D eigenvalue weighted by atomic mass is 10.1. The lowest BCUT2D eigenvalue weighted by Gasteiger charge is -2.06. The van der Waals surface area contributed by atoms with Crippen LogP contribution in [0, 0.1) is 0 Å². The quantitative estimate of drug-likeness (QED) is 0.696.